The molecule has 1 fully saturated rings. The summed E-state index contributed by atoms with van der Waals surface area (Å²) in [6, 6.07) is 3.22. The highest BCUT2D eigenvalue weighted by atomic mass is 19.1. The summed E-state index contributed by atoms with van der Waals surface area (Å²) in [6.45, 7) is 6.58. The van der Waals surface area contributed by atoms with Gasteiger partial charge in [0.2, 0.25) is 0 Å². The van der Waals surface area contributed by atoms with Gasteiger partial charge in [0.1, 0.15) is 11.6 Å². The van der Waals surface area contributed by atoms with Gasteiger partial charge in [-0.3, -0.25) is 0 Å². The van der Waals surface area contributed by atoms with Crippen molar-refractivity contribution in [3.63, 3.8) is 0 Å². The summed E-state index contributed by atoms with van der Waals surface area (Å²) >= 11 is 0. The summed E-state index contributed by atoms with van der Waals surface area (Å²) in [5, 5.41) is 10.1. The van der Waals surface area contributed by atoms with E-state index >= 15 is 0 Å². The summed E-state index contributed by atoms with van der Waals surface area (Å²) in [7, 11) is 0. The lowest BCUT2D eigenvalue weighted by Crippen LogP contribution is -2.50. The Kier molecular flexibility index (Phi) is 3.97. The van der Waals surface area contributed by atoms with Crippen LogP contribution in [0.3, 0.4) is 0 Å². The molecule has 1 aromatic rings. The number of hydrogen-bond donors (Lipinski definition) is 1. The van der Waals surface area contributed by atoms with E-state index in [4.69, 9.17) is 0 Å². The average Bonchev–Trinajstić information content (AvgIpc) is 2.20. The first kappa shape index (κ1) is 13.4. The SMILES string of the molecule is C[C](C)CN1CC(C(O)c2cc(F)cc(F)c2)C1. The number of likely N-dealkylation sites (tertiary alicyclic amines) is 1. The Balaban J connectivity index is 1.95. The van der Waals surface area contributed by atoms with Crippen LogP contribution in [0.4, 0.5) is 8.78 Å². The standard InChI is InChI=1S/C14H18F2NO/c1-9(2)6-17-7-11(8-17)14(18)10-3-12(15)5-13(16)4-10/h3-5,11,14,18H,6-8H2,1-2H3. The van der Waals surface area contributed by atoms with Crippen molar-refractivity contribution in [1.29, 1.82) is 0 Å². The van der Waals surface area contributed by atoms with Gasteiger partial charge in [-0.25, -0.2) is 8.78 Å². The molecule has 1 radical (unpaired) electrons. The second-order valence-electron chi connectivity index (χ2n) is 5.31. The molecular weight excluding hydrogens is 236 g/mol. The molecule has 0 amide bonds. The first-order valence-corrected chi connectivity index (χ1v) is 6.11. The average molecular weight is 254 g/mol. The van der Waals surface area contributed by atoms with E-state index in [0.717, 1.165) is 25.7 Å². The number of aliphatic hydroxyl groups is 1. The lowest BCUT2D eigenvalue weighted by Gasteiger charge is -2.42. The highest BCUT2D eigenvalue weighted by molar-refractivity contribution is 5.21. The molecule has 1 aromatic carbocycles. The van der Waals surface area contributed by atoms with Gasteiger partial charge in [0.15, 0.2) is 0 Å². The summed E-state index contributed by atoms with van der Waals surface area (Å²) in [4.78, 5) is 2.21. The van der Waals surface area contributed by atoms with Crippen molar-refractivity contribution in [2.24, 2.45) is 5.92 Å². The van der Waals surface area contributed by atoms with Crippen LogP contribution in [0.5, 0.6) is 0 Å². The zero-order valence-corrected chi connectivity index (χ0v) is 10.7. The predicted molar refractivity (Wildman–Crippen MR) is 65.8 cm³/mol. The van der Waals surface area contributed by atoms with Crippen molar-refractivity contribution in [3.05, 3.63) is 41.3 Å². The third-order valence-electron chi connectivity index (χ3n) is 3.20. The fraction of sp³-hybridized carbons (Fsp3) is 0.500. The Labute approximate surface area is 106 Å². The lowest BCUT2D eigenvalue weighted by molar-refractivity contribution is -0.00277. The summed E-state index contributed by atoms with van der Waals surface area (Å²) in [5.74, 6) is 0.0984. The van der Waals surface area contributed by atoms with Crippen LogP contribution in [0.15, 0.2) is 18.2 Å². The number of hydrogen-bond acceptors (Lipinski definition) is 2. The zero-order valence-electron chi connectivity index (χ0n) is 10.7. The van der Waals surface area contributed by atoms with Gasteiger partial charge < -0.3 is 10.0 Å². The van der Waals surface area contributed by atoms with Gasteiger partial charge in [-0.2, -0.15) is 0 Å². The molecule has 1 N–H and O–H groups in total. The van der Waals surface area contributed by atoms with E-state index < -0.39 is 17.7 Å². The molecule has 1 unspecified atom stereocenters. The van der Waals surface area contributed by atoms with Gasteiger partial charge in [0.05, 0.1) is 6.10 Å². The maximum absolute atomic E-state index is 13.1. The minimum atomic E-state index is -0.788. The van der Waals surface area contributed by atoms with Crippen LogP contribution in [-0.2, 0) is 0 Å². The third kappa shape index (κ3) is 3.06. The van der Waals surface area contributed by atoms with E-state index in [1.165, 1.54) is 18.1 Å². The minimum Gasteiger partial charge on any atom is -0.388 e. The summed E-state index contributed by atoms with van der Waals surface area (Å²) in [5.41, 5.74) is 0.328. The highest BCUT2D eigenvalue weighted by Gasteiger charge is 2.33. The molecule has 2 rings (SSSR count). The van der Waals surface area contributed by atoms with Crippen molar-refractivity contribution in [1.82, 2.24) is 4.90 Å². The molecule has 99 valence electrons. The van der Waals surface area contributed by atoms with Crippen LogP contribution >= 0.6 is 0 Å². The van der Waals surface area contributed by atoms with E-state index in [1.807, 2.05) is 0 Å². The Morgan fingerprint density at radius 1 is 1.28 bits per heavy atom. The van der Waals surface area contributed by atoms with Crippen molar-refractivity contribution >= 4 is 0 Å². The summed E-state index contributed by atoms with van der Waals surface area (Å²) < 4.78 is 26.1. The van der Waals surface area contributed by atoms with Crippen LogP contribution in [0, 0.1) is 23.5 Å². The predicted octanol–water partition coefficient (Wildman–Crippen LogP) is 2.54. The van der Waals surface area contributed by atoms with Crippen LogP contribution in [-0.4, -0.2) is 29.6 Å². The number of nitrogens with zero attached hydrogens (tertiary/aromatic N) is 1. The Bertz CT molecular complexity index is 396. The molecule has 1 aliphatic heterocycles. The second-order valence-corrected chi connectivity index (χ2v) is 5.31. The van der Waals surface area contributed by atoms with Crippen molar-refractivity contribution in [3.8, 4) is 0 Å². The molecule has 1 atom stereocenters. The van der Waals surface area contributed by atoms with E-state index in [-0.39, 0.29) is 5.92 Å². The molecule has 0 aliphatic carbocycles. The van der Waals surface area contributed by atoms with Gasteiger partial charge in [0.25, 0.3) is 0 Å². The van der Waals surface area contributed by atoms with E-state index in [0.29, 0.717) is 5.56 Å². The van der Waals surface area contributed by atoms with Gasteiger partial charge in [-0.05, 0) is 23.6 Å². The number of benzene rings is 1. The van der Waals surface area contributed by atoms with E-state index in [1.54, 1.807) is 0 Å². The van der Waals surface area contributed by atoms with Gasteiger partial charge in [0, 0.05) is 31.6 Å². The maximum atomic E-state index is 13.1. The molecule has 1 heterocycles. The molecular formula is C14H18F2NO. The normalized spacial score (nSPS) is 19.0. The first-order chi connectivity index (χ1) is 8.45. The fourth-order valence-corrected chi connectivity index (χ4v) is 2.40. The molecule has 18 heavy (non-hydrogen) atoms. The third-order valence-corrected chi connectivity index (χ3v) is 3.20. The molecule has 2 nitrogen and oxygen atoms in total. The Morgan fingerprint density at radius 3 is 2.33 bits per heavy atom. The van der Waals surface area contributed by atoms with Gasteiger partial charge in [-0.15, -0.1) is 0 Å². The largest absolute Gasteiger partial charge is 0.388 e. The molecule has 0 aromatic heterocycles. The van der Waals surface area contributed by atoms with E-state index in [2.05, 4.69) is 18.7 Å². The topological polar surface area (TPSA) is 23.5 Å². The van der Waals surface area contributed by atoms with E-state index in [9.17, 15) is 13.9 Å². The number of aliphatic hydroxyl groups excluding tert-OH is 1. The smallest absolute Gasteiger partial charge is 0.126 e. The monoisotopic (exact) mass is 254 g/mol. The van der Waals surface area contributed by atoms with Crippen LogP contribution in [0.25, 0.3) is 0 Å². The summed E-state index contributed by atoms with van der Waals surface area (Å²) in [6.07, 6.45) is -0.788. The molecule has 4 heteroatoms. The van der Waals surface area contributed by atoms with Gasteiger partial charge >= 0.3 is 0 Å². The number of halogens is 2. The molecule has 1 saturated heterocycles. The lowest BCUT2D eigenvalue weighted by atomic mass is 9.88. The quantitative estimate of drug-likeness (QED) is 0.892. The molecule has 0 spiro atoms. The minimum absolute atomic E-state index is 0.0607. The Hall–Kier alpha value is -1.00. The van der Waals surface area contributed by atoms with Crippen molar-refractivity contribution < 1.29 is 13.9 Å². The van der Waals surface area contributed by atoms with Crippen LogP contribution in [0.1, 0.15) is 25.5 Å². The number of rotatable bonds is 4. The van der Waals surface area contributed by atoms with Crippen LogP contribution in [0.2, 0.25) is 0 Å². The molecule has 0 saturated carbocycles. The molecule has 0 bridgehead atoms. The maximum Gasteiger partial charge on any atom is 0.126 e. The first-order valence-electron chi connectivity index (χ1n) is 6.11. The van der Waals surface area contributed by atoms with Crippen molar-refractivity contribution in [2.45, 2.75) is 20.0 Å². The zero-order chi connectivity index (χ0) is 13.3. The van der Waals surface area contributed by atoms with Gasteiger partial charge in [-0.1, -0.05) is 13.8 Å². The highest BCUT2D eigenvalue weighted by Crippen LogP contribution is 2.31. The fourth-order valence-electron chi connectivity index (χ4n) is 2.40. The molecule has 1 aliphatic rings. The second kappa shape index (κ2) is 5.33. The van der Waals surface area contributed by atoms with Crippen molar-refractivity contribution in [2.75, 3.05) is 19.6 Å². The Morgan fingerprint density at radius 2 is 1.83 bits per heavy atom. The van der Waals surface area contributed by atoms with Crippen LogP contribution < -0.4 is 0 Å².